The van der Waals surface area contributed by atoms with Crippen molar-refractivity contribution in [1.29, 1.82) is 0 Å². The molecular formula is C9H8BrN2. The van der Waals surface area contributed by atoms with Crippen molar-refractivity contribution >= 4 is 26.8 Å². The van der Waals surface area contributed by atoms with Crippen molar-refractivity contribution in [2.24, 2.45) is 0 Å². The van der Waals surface area contributed by atoms with E-state index in [0.29, 0.717) is 0 Å². The predicted octanol–water partition coefficient (Wildman–Crippen LogP) is 2.70. The Balaban J connectivity index is 2.67. The van der Waals surface area contributed by atoms with Gasteiger partial charge in [0.25, 0.3) is 0 Å². The minimum atomic E-state index is 0.784. The molecule has 0 atom stereocenters. The van der Waals surface area contributed by atoms with Crippen molar-refractivity contribution in [2.45, 2.75) is 6.42 Å². The summed E-state index contributed by atoms with van der Waals surface area (Å²) in [6, 6.07) is 4.08. The van der Waals surface area contributed by atoms with E-state index in [-0.39, 0.29) is 0 Å². The fraction of sp³-hybridized carbons (Fsp3) is 0.111. The maximum atomic E-state index is 4.12. The third-order valence-electron chi connectivity index (χ3n) is 1.80. The van der Waals surface area contributed by atoms with Gasteiger partial charge in [0.15, 0.2) is 0 Å². The van der Waals surface area contributed by atoms with Crippen molar-refractivity contribution < 1.29 is 0 Å². The lowest BCUT2D eigenvalue weighted by atomic mass is 10.3. The number of aromatic nitrogens is 2. The number of hydrogen-bond acceptors (Lipinski definition) is 1. The van der Waals surface area contributed by atoms with Gasteiger partial charge >= 0.3 is 0 Å². The third kappa shape index (κ3) is 1.25. The average molecular weight is 224 g/mol. The summed E-state index contributed by atoms with van der Waals surface area (Å²) in [5.41, 5.74) is 2.21. The van der Waals surface area contributed by atoms with Crippen LogP contribution in [0.2, 0.25) is 0 Å². The molecule has 0 aromatic carbocycles. The molecule has 1 radical (unpaired) electrons. The summed E-state index contributed by atoms with van der Waals surface area (Å²) in [5.74, 6) is 0. The predicted molar refractivity (Wildman–Crippen MR) is 52.9 cm³/mol. The number of nitrogens with one attached hydrogen (secondary N) is 1. The summed E-state index contributed by atoms with van der Waals surface area (Å²) in [7, 11) is 0. The van der Waals surface area contributed by atoms with E-state index in [1.807, 2.05) is 12.3 Å². The minimum Gasteiger partial charge on any atom is -0.357 e. The molecule has 2 aromatic rings. The summed E-state index contributed by atoms with van der Waals surface area (Å²) in [6.07, 6.45) is 2.60. The zero-order chi connectivity index (χ0) is 8.55. The SMILES string of the molecule is [CH2]Cc1cc2cc(Br)ncc2[nH]1. The van der Waals surface area contributed by atoms with E-state index in [2.05, 4.69) is 38.9 Å². The highest BCUT2D eigenvalue weighted by atomic mass is 79.9. The lowest BCUT2D eigenvalue weighted by molar-refractivity contribution is 1.16. The molecule has 0 unspecified atom stereocenters. The van der Waals surface area contributed by atoms with Crippen molar-refractivity contribution in [2.75, 3.05) is 0 Å². The lowest BCUT2D eigenvalue weighted by Gasteiger charge is -1.88. The number of hydrogen-bond donors (Lipinski definition) is 1. The molecule has 0 aliphatic carbocycles. The molecule has 2 heterocycles. The molecule has 61 valence electrons. The average Bonchev–Trinajstić information content (AvgIpc) is 2.46. The van der Waals surface area contributed by atoms with Gasteiger partial charge in [-0.15, -0.1) is 0 Å². The maximum Gasteiger partial charge on any atom is 0.106 e. The number of fused-ring (bicyclic) bond motifs is 1. The molecule has 1 N–H and O–H groups in total. The molecular weight excluding hydrogens is 216 g/mol. The highest BCUT2D eigenvalue weighted by Crippen LogP contribution is 2.17. The lowest BCUT2D eigenvalue weighted by Crippen LogP contribution is -1.76. The van der Waals surface area contributed by atoms with E-state index in [0.717, 1.165) is 22.2 Å². The third-order valence-corrected chi connectivity index (χ3v) is 2.23. The molecule has 2 rings (SSSR count). The normalized spacial score (nSPS) is 10.8. The van der Waals surface area contributed by atoms with Gasteiger partial charge in [-0.2, -0.15) is 0 Å². The van der Waals surface area contributed by atoms with Crippen LogP contribution in [0.4, 0.5) is 0 Å². The van der Waals surface area contributed by atoms with Crippen LogP contribution in [0.5, 0.6) is 0 Å². The van der Waals surface area contributed by atoms with Gasteiger partial charge in [0.05, 0.1) is 11.7 Å². The maximum absolute atomic E-state index is 4.12. The summed E-state index contributed by atoms with van der Waals surface area (Å²) < 4.78 is 0.865. The Hall–Kier alpha value is -0.830. The van der Waals surface area contributed by atoms with E-state index in [9.17, 15) is 0 Å². The molecule has 0 spiro atoms. The Bertz CT molecular complexity index is 406. The van der Waals surface area contributed by atoms with Crippen LogP contribution in [-0.2, 0) is 6.42 Å². The molecule has 0 saturated heterocycles. The molecule has 3 heteroatoms. The van der Waals surface area contributed by atoms with Crippen LogP contribution < -0.4 is 0 Å². The topological polar surface area (TPSA) is 28.7 Å². The van der Waals surface area contributed by atoms with Gasteiger partial charge < -0.3 is 4.98 Å². The second kappa shape index (κ2) is 2.90. The van der Waals surface area contributed by atoms with Crippen LogP contribution in [0.1, 0.15) is 5.69 Å². The Morgan fingerprint density at radius 2 is 2.33 bits per heavy atom. The van der Waals surface area contributed by atoms with Crippen LogP contribution in [0.3, 0.4) is 0 Å². The zero-order valence-corrected chi connectivity index (χ0v) is 8.06. The molecule has 0 fully saturated rings. The number of rotatable bonds is 1. The van der Waals surface area contributed by atoms with E-state index >= 15 is 0 Å². The van der Waals surface area contributed by atoms with Crippen LogP contribution in [0, 0.1) is 6.92 Å². The van der Waals surface area contributed by atoms with Gasteiger partial charge in [0.1, 0.15) is 4.60 Å². The first-order valence-corrected chi connectivity index (χ1v) is 4.51. The Morgan fingerprint density at radius 3 is 3.08 bits per heavy atom. The second-order valence-corrected chi connectivity index (χ2v) is 3.45. The van der Waals surface area contributed by atoms with Gasteiger partial charge in [0.2, 0.25) is 0 Å². The molecule has 2 aromatic heterocycles. The van der Waals surface area contributed by atoms with Gasteiger partial charge in [-0.1, -0.05) is 0 Å². The summed E-state index contributed by atoms with van der Waals surface area (Å²) in [4.78, 5) is 7.35. The van der Waals surface area contributed by atoms with Crippen LogP contribution in [-0.4, -0.2) is 9.97 Å². The second-order valence-electron chi connectivity index (χ2n) is 2.64. The number of nitrogens with zero attached hydrogens (tertiary/aromatic N) is 1. The Kier molecular flexibility index (Phi) is 1.89. The first kappa shape index (κ1) is 7.80. The fourth-order valence-corrected chi connectivity index (χ4v) is 1.55. The van der Waals surface area contributed by atoms with Crippen molar-refractivity contribution in [3.8, 4) is 0 Å². The molecule has 0 bridgehead atoms. The van der Waals surface area contributed by atoms with Crippen molar-refractivity contribution in [1.82, 2.24) is 9.97 Å². The minimum absolute atomic E-state index is 0.784. The molecule has 2 nitrogen and oxygen atoms in total. The van der Waals surface area contributed by atoms with E-state index in [1.165, 1.54) is 5.39 Å². The molecule has 0 amide bonds. The summed E-state index contributed by atoms with van der Waals surface area (Å²) >= 11 is 3.32. The first-order valence-electron chi connectivity index (χ1n) is 3.72. The van der Waals surface area contributed by atoms with E-state index in [4.69, 9.17) is 0 Å². The van der Waals surface area contributed by atoms with Gasteiger partial charge in [0, 0.05) is 11.1 Å². The first-order chi connectivity index (χ1) is 5.79. The van der Waals surface area contributed by atoms with Gasteiger partial charge in [-0.05, 0) is 41.4 Å². The van der Waals surface area contributed by atoms with Gasteiger partial charge in [-0.3, -0.25) is 0 Å². The largest absolute Gasteiger partial charge is 0.357 e. The number of H-pyrrole nitrogens is 1. The van der Waals surface area contributed by atoms with Crippen molar-refractivity contribution in [3.05, 3.63) is 35.6 Å². The highest BCUT2D eigenvalue weighted by Gasteiger charge is 1.99. The smallest absolute Gasteiger partial charge is 0.106 e. The zero-order valence-electron chi connectivity index (χ0n) is 6.47. The standard InChI is InChI=1S/C9H8BrN2/c1-2-7-3-6-4-9(10)11-5-8(6)12-7/h3-5,12H,1-2H2. The summed E-state index contributed by atoms with van der Waals surface area (Å²) in [6.45, 7) is 3.81. The van der Waals surface area contributed by atoms with Crippen LogP contribution >= 0.6 is 15.9 Å². The van der Waals surface area contributed by atoms with Crippen LogP contribution in [0.25, 0.3) is 10.9 Å². The van der Waals surface area contributed by atoms with Crippen molar-refractivity contribution in [3.63, 3.8) is 0 Å². The van der Waals surface area contributed by atoms with E-state index < -0.39 is 0 Å². The summed E-state index contributed by atoms with van der Waals surface area (Å²) in [5, 5.41) is 1.18. The van der Waals surface area contributed by atoms with Crippen LogP contribution in [0.15, 0.2) is 22.9 Å². The molecule has 0 aliphatic rings. The molecule has 0 aliphatic heterocycles. The number of pyridine rings is 1. The van der Waals surface area contributed by atoms with Gasteiger partial charge in [-0.25, -0.2) is 4.98 Å². The molecule has 0 saturated carbocycles. The van der Waals surface area contributed by atoms with E-state index in [1.54, 1.807) is 0 Å². The Morgan fingerprint density at radius 1 is 1.50 bits per heavy atom. The fourth-order valence-electron chi connectivity index (χ4n) is 1.20. The quantitative estimate of drug-likeness (QED) is 0.741. The number of aromatic amines is 1. The molecule has 12 heavy (non-hydrogen) atoms. The Labute approximate surface area is 79.1 Å². The monoisotopic (exact) mass is 223 g/mol. The highest BCUT2D eigenvalue weighted by molar-refractivity contribution is 9.10. The number of halogens is 1.